The number of hydrogen-bond acceptors (Lipinski definition) is 3. The summed E-state index contributed by atoms with van der Waals surface area (Å²) >= 11 is 0. The third-order valence-electron chi connectivity index (χ3n) is 3.72. The zero-order valence-corrected chi connectivity index (χ0v) is 13.2. The summed E-state index contributed by atoms with van der Waals surface area (Å²) < 4.78 is 5.17. The van der Waals surface area contributed by atoms with Crippen LogP contribution in [0.25, 0.3) is 0 Å². The summed E-state index contributed by atoms with van der Waals surface area (Å²) in [7, 11) is 1.68. The van der Waals surface area contributed by atoms with E-state index in [4.69, 9.17) is 9.73 Å². The number of nitrogens with one attached hydrogen (secondary N) is 1. The quantitative estimate of drug-likeness (QED) is 0.857. The first-order valence-corrected chi connectivity index (χ1v) is 7.26. The van der Waals surface area contributed by atoms with Gasteiger partial charge in [-0.2, -0.15) is 0 Å². The monoisotopic (exact) mass is 274 g/mol. The molecule has 2 rings (SSSR count). The molecule has 1 saturated heterocycles. The number of aliphatic imine (C=N–C) groups is 1. The number of piperidine rings is 1. The van der Waals surface area contributed by atoms with Crippen molar-refractivity contribution >= 4 is 6.21 Å². The smallest absolute Gasteiger partial charge is 0.118 e. The molecule has 0 aromatic heterocycles. The Kier molecular flexibility index (Phi) is 4.19. The van der Waals surface area contributed by atoms with Crippen LogP contribution in [0.3, 0.4) is 0 Å². The van der Waals surface area contributed by atoms with Crippen molar-refractivity contribution in [1.82, 2.24) is 5.32 Å². The molecule has 110 valence electrons. The minimum atomic E-state index is 0.143. The summed E-state index contributed by atoms with van der Waals surface area (Å²) in [6, 6.07) is 8.40. The second kappa shape index (κ2) is 5.57. The van der Waals surface area contributed by atoms with Gasteiger partial charge in [-0.1, -0.05) is 0 Å². The molecule has 1 aliphatic rings. The van der Waals surface area contributed by atoms with Gasteiger partial charge in [-0.25, -0.2) is 0 Å². The van der Waals surface area contributed by atoms with Gasteiger partial charge in [0.2, 0.25) is 0 Å². The van der Waals surface area contributed by atoms with Crippen LogP contribution >= 0.6 is 0 Å². The predicted octanol–water partition coefficient (Wildman–Crippen LogP) is 3.42. The molecular weight excluding hydrogens is 248 g/mol. The molecule has 0 radical (unpaired) electrons. The molecule has 0 spiro atoms. The fourth-order valence-electron chi connectivity index (χ4n) is 3.26. The van der Waals surface area contributed by atoms with Crippen LogP contribution in [0.4, 0.5) is 0 Å². The van der Waals surface area contributed by atoms with Crippen LogP contribution in [-0.2, 0) is 0 Å². The maximum Gasteiger partial charge on any atom is 0.118 e. The number of benzene rings is 1. The number of rotatable bonds is 3. The van der Waals surface area contributed by atoms with Gasteiger partial charge in [0.15, 0.2) is 0 Å². The average molecular weight is 274 g/mol. The van der Waals surface area contributed by atoms with Crippen molar-refractivity contribution in [2.24, 2.45) is 4.99 Å². The molecule has 3 heteroatoms. The molecule has 1 aromatic carbocycles. The van der Waals surface area contributed by atoms with Crippen molar-refractivity contribution in [3.8, 4) is 5.75 Å². The van der Waals surface area contributed by atoms with Crippen LogP contribution in [0.1, 0.15) is 46.1 Å². The van der Waals surface area contributed by atoms with Crippen molar-refractivity contribution in [1.29, 1.82) is 0 Å². The van der Waals surface area contributed by atoms with E-state index in [1.54, 1.807) is 7.11 Å². The van der Waals surface area contributed by atoms with Crippen LogP contribution < -0.4 is 10.1 Å². The van der Waals surface area contributed by atoms with Gasteiger partial charge in [-0.3, -0.25) is 4.99 Å². The van der Waals surface area contributed by atoms with Gasteiger partial charge in [0.05, 0.1) is 13.2 Å². The molecule has 0 atom stereocenters. The van der Waals surface area contributed by atoms with Crippen LogP contribution in [0.5, 0.6) is 5.75 Å². The molecule has 1 heterocycles. The molecule has 1 aromatic rings. The Morgan fingerprint density at radius 1 is 1.10 bits per heavy atom. The molecule has 0 unspecified atom stereocenters. The minimum absolute atomic E-state index is 0.143. The van der Waals surface area contributed by atoms with Gasteiger partial charge in [-0.05, 0) is 70.4 Å². The van der Waals surface area contributed by atoms with Gasteiger partial charge in [-0.15, -0.1) is 0 Å². The third-order valence-corrected chi connectivity index (χ3v) is 3.72. The molecule has 3 nitrogen and oxygen atoms in total. The number of nitrogens with zero attached hydrogens (tertiary/aromatic N) is 1. The molecule has 0 amide bonds. The highest BCUT2D eigenvalue weighted by Crippen LogP contribution is 2.30. The Hall–Kier alpha value is -1.35. The fraction of sp³-hybridized carbons (Fsp3) is 0.588. The lowest BCUT2D eigenvalue weighted by Crippen LogP contribution is -2.58. The summed E-state index contributed by atoms with van der Waals surface area (Å²) in [5, 5.41) is 3.68. The first kappa shape index (κ1) is 15.0. The van der Waals surface area contributed by atoms with Crippen molar-refractivity contribution < 1.29 is 4.74 Å². The standard InChI is InChI=1S/C17H26N2O/c1-16(2)10-14(11-17(3,4)19-16)18-12-13-6-8-15(20-5)9-7-13/h6-9,12,14,19H,10-11H2,1-5H3. The summed E-state index contributed by atoms with van der Waals surface area (Å²) in [6.45, 7) is 9.02. The lowest BCUT2D eigenvalue weighted by Gasteiger charge is -2.45. The first-order chi connectivity index (χ1) is 9.30. The zero-order chi connectivity index (χ0) is 14.8. The zero-order valence-electron chi connectivity index (χ0n) is 13.2. The van der Waals surface area contributed by atoms with Gasteiger partial charge < -0.3 is 10.1 Å². The Morgan fingerprint density at radius 3 is 2.15 bits per heavy atom. The molecule has 0 bridgehead atoms. The SMILES string of the molecule is COc1ccc(C=NC2CC(C)(C)NC(C)(C)C2)cc1. The second-order valence-corrected chi connectivity index (χ2v) is 7.01. The second-order valence-electron chi connectivity index (χ2n) is 7.01. The summed E-state index contributed by atoms with van der Waals surface area (Å²) in [4.78, 5) is 4.79. The lowest BCUT2D eigenvalue weighted by molar-refractivity contribution is 0.164. The molecule has 20 heavy (non-hydrogen) atoms. The maximum atomic E-state index is 5.17. The molecule has 0 aliphatic carbocycles. The highest BCUT2D eigenvalue weighted by Gasteiger charge is 2.37. The first-order valence-electron chi connectivity index (χ1n) is 7.26. The number of hydrogen-bond donors (Lipinski definition) is 1. The third kappa shape index (κ3) is 4.07. The maximum absolute atomic E-state index is 5.17. The normalized spacial score (nSPS) is 22.1. The Bertz CT molecular complexity index is 458. The van der Waals surface area contributed by atoms with E-state index in [2.05, 4.69) is 33.0 Å². The highest BCUT2D eigenvalue weighted by molar-refractivity contribution is 5.79. The predicted molar refractivity (Wildman–Crippen MR) is 84.9 cm³/mol. The van der Waals surface area contributed by atoms with E-state index in [0.717, 1.165) is 24.2 Å². The van der Waals surface area contributed by atoms with Crippen molar-refractivity contribution in [3.63, 3.8) is 0 Å². The van der Waals surface area contributed by atoms with Crippen molar-refractivity contribution in [2.75, 3.05) is 7.11 Å². The van der Waals surface area contributed by atoms with Crippen LogP contribution in [0.15, 0.2) is 29.3 Å². The molecule has 1 fully saturated rings. The topological polar surface area (TPSA) is 33.6 Å². The lowest BCUT2D eigenvalue weighted by atomic mass is 9.80. The highest BCUT2D eigenvalue weighted by atomic mass is 16.5. The van der Waals surface area contributed by atoms with E-state index in [1.165, 1.54) is 0 Å². The summed E-state index contributed by atoms with van der Waals surface area (Å²) in [6.07, 6.45) is 4.13. The summed E-state index contributed by atoms with van der Waals surface area (Å²) in [5.74, 6) is 0.881. The Morgan fingerprint density at radius 2 is 1.65 bits per heavy atom. The van der Waals surface area contributed by atoms with Crippen LogP contribution in [0.2, 0.25) is 0 Å². The van der Waals surface area contributed by atoms with Crippen molar-refractivity contribution in [2.45, 2.75) is 57.7 Å². The molecule has 1 aliphatic heterocycles. The number of ether oxygens (including phenoxy) is 1. The van der Waals surface area contributed by atoms with Crippen LogP contribution in [-0.4, -0.2) is 30.4 Å². The van der Waals surface area contributed by atoms with Gasteiger partial charge in [0.25, 0.3) is 0 Å². The van der Waals surface area contributed by atoms with E-state index in [-0.39, 0.29) is 11.1 Å². The van der Waals surface area contributed by atoms with Crippen molar-refractivity contribution in [3.05, 3.63) is 29.8 Å². The van der Waals surface area contributed by atoms with Gasteiger partial charge in [0, 0.05) is 17.3 Å². The fourth-order valence-corrected chi connectivity index (χ4v) is 3.26. The van der Waals surface area contributed by atoms with E-state index in [9.17, 15) is 0 Å². The molecule has 1 N–H and O–H groups in total. The largest absolute Gasteiger partial charge is 0.497 e. The summed E-state index contributed by atoms with van der Waals surface area (Å²) in [5.41, 5.74) is 1.41. The minimum Gasteiger partial charge on any atom is -0.497 e. The Labute approximate surface area is 122 Å². The van der Waals surface area contributed by atoms with E-state index >= 15 is 0 Å². The van der Waals surface area contributed by atoms with E-state index in [0.29, 0.717) is 6.04 Å². The van der Waals surface area contributed by atoms with Gasteiger partial charge in [0.1, 0.15) is 5.75 Å². The van der Waals surface area contributed by atoms with Crippen LogP contribution in [0, 0.1) is 0 Å². The molecule has 0 saturated carbocycles. The Balaban J connectivity index is 2.06. The van der Waals surface area contributed by atoms with E-state index in [1.807, 2.05) is 30.5 Å². The van der Waals surface area contributed by atoms with Gasteiger partial charge >= 0.3 is 0 Å². The molecular formula is C17H26N2O. The van der Waals surface area contributed by atoms with E-state index < -0.39 is 0 Å². The average Bonchev–Trinajstić information content (AvgIpc) is 2.33. The number of methoxy groups -OCH3 is 1.